The van der Waals surface area contributed by atoms with Crippen LogP contribution in [0.2, 0.25) is 0 Å². The number of rotatable bonds is 1. The zero-order valence-corrected chi connectivity index (χ0v) is 18.0. The molecule has 0 N–H and O–H groups in total. The summed E-state index contributed by atoms with van der Waals surface area (Å²) < 4.78 is 37.0. The molecule has 0 amide bonds. The first-order valence-corrected chi connectivity index (χ1v) is 10.4. The van der Waals surface area contributed by atoms with Gasteiger partial charge in [-0.3, -0.25) is 4.40 Å². The Balaban J connectivity index is 1.78. The molecule has 1 aliphatic heterocycles. The topological polar surface area (TPSA) is 55.5 Å². The molecular weight excluding hydrogens is 412 g/mol. The first-order valence-electron chi connectivity index (χ1n) is 10.4. The third-order valence-corrected chi connectivity index (χ3v) is 5.18. The Morgan fingerprint density at radius 1 is 1.12 bits per heavy atom. The van der Waals surface area contributed by atoms with Gasteiger partial charge in [0.1, 0.15) is 12.1 Å². The lowest BCUT2D eigenvalue weighted by atomic mass is 9.97. The zero-order valence-electron chi connectivity index (χ0n) is 18.0. The van der Waals surface area contributed by atoms with Gasteiger partial charge < -0.3 is 9.64 Å². The van der Waals surface area contributed by atoms with Gasteiger partial charge in [-0.2, -0.15) is 4.98 Å². The molecule has 2 aromatic heterocycles. The molecule has 0 spiro atoms. The maximum atomic E-state index is 15.1. The minimum Gasteiger partial charge on any atom is -0.490 e. The highest BCUT2D eigenvalue weighted by Gasteiger charge is 2.26. The van der Waals surface area contributed by atoms with Crippen molar-refractivity contribution in [2.24, 2.45) is 5.41 Å². The molecule has 0 unspecified atom stereocenters. The van der Waals surface area contributed by atoms with Crippen LogP contribution in [0.4, 0.5) is 20.3 Å². The highest BCUT2D eigenvalue weighted by molar-refractivity contribution is 5.95. The maximum Gasteiger partial charge on any atom is 0.257 e. The van der Waals surface area contributed by atoms with Crippen molar-refractivity contribution in [1.29, 1.82) is 0 Å². The molecule has 0 aliphatic carbocycles. The van der Waals surface area contributed by atoms with Gasteiger partial charge in [0.2, 0.25) is 0 Å². The van der Waals surface area contributed by atoms with Crippen LogP contribution in [0.1, 0.15) is 32.8 Å². The number of ether oxygens (including phenoxy) is 1. The van der Waals surface area contributed by atoms with Crippen LogP contribution in [0, 0.1) is 28.9 Å². The zero-order chi connectivity index (χ0) is 22.5. The number of benzene rings is 2. The first kappa shape index (κ1) is 20.2. The molecule has 1 aliphatic rings. The number of aromatic nitrogens is 4. The van der Waals surface area contributed by atoms with Crippen LogP contribution in [-0.2, 0) is 0 Å². The minimum atomic E-state index is -0.962. The van der Waals surface area contributed by atoms with Crippen molar-refractivity contribution in [2.75, 3.05) is 18.1 Å². The van der Waals surface area contributed by atoms with Crippen molar-refractivity contribution in [1.82, 2.24) is 19.6 Å². The second kappa shape index (κ2) is 7.45. The monoisotopic (exact) mass is 433 g/mol. The van der Waals surface area contributed by atoms with Crippen LogP contribution < -0.4 is 9.64 Å². The Kier molecular flexibility index (Phi) is 4.70. The lowest BCUT2D eigenvalue weighted by Crippen LogP contribution is -2.20. The molecule has 8 heteroatoms. The number of halogens is 2. The minimum absolute atomic E-state index is 0.0660. The molecule has 0 saturated carbocycles. The normalized spacial score (nSPS) is 14.0. The standard InChI is InChI=1S/C24H21F2N5O/c1-24(2,3)11-10-15-6-4-7-18-21(15)32-13-5-12-30(18)22-19-17(9-8-16(25)20(19)26)31-14-27-29-23(31)28-22/h4,6-9,14H,5,12-13H2,1-3H3. The third-order valence-electron chi connectivity index (χ3n) is 5.18. The molecule has 3 heterocycles. The third kappa shape index (κ3) is 3.40. The molecule has 2 aromatic carbocycles. The predicted molar refractivity (Wildman–Crippen MR) is 118 cm³/mol. The van der Waals surface area contributed by atoms with E-state index in [9.17, 15) is 4.39 Å². The van der Waals surface area contributed by atoms with Crippen molar-refractivity contribution in [3.05, 3.63) is 53.9 Å². The molecule has 0 saturated heterocycles. The summed E-state index contributed by atoms with van der Waals surface area (Å²) in [6.07, 6.45) is 2.10. The average Bonchev–Trinajstić information content (AvgIpc) is 3.12. The number of anilines is 2. The number of hydrogen-bond donors (Lipinski definition) is 0. The van der Waals surface area contributed by atoms with Gasteiger partial charge in [0.05, 0.1) is 28.8 Å². The fourth-order valence-corrected chi connectivity index (χ4v) is 3.75. The second-order valence-electron chi connectivity index (χ2n) is 8.70. The van der Waals surface area contributed by atoms with E-state index < -0.39 is 11.6 Å². The molecule has 6 nitrogen and oxygen atoms in total. The van der Waals surface area contributed by atoms with Crippen molar-refractivity contribution >= 4 is 28.2 Å². The number of fused-ring (bicyclic) bond motifs is 4. The molecule has 0 radical (unpaired) electrons. The van der Waals surface area contributed by atoms with Gasteiger partial charge in [0.15, 0.2) is 17.4 Å². The van der Waals surface area contributed by atoms with Gasteiger partial charge in [-0.05, 0) is 51.5 Å². The molecule has 5 rings (SSSR count). The van der Waals surface area contributed by atoms with E-state index in [0.29, 0.717) is 42.3 Å². The van der Waals surface area contributed by atoms with E-state index in [4.69, 9.17) is 4.74 Å². The van der Waals surface area contributed by atoms with Gasteiger partial charge in [-0.25, -0.2) is 8.78 Å². The van der Waals surface area contributed by atoms with Gasteiger partial charge >= 0.3 is 0 Å². The number of para-hydroxylation sites is 1. The van der Waals surface area contributed by atoms with Crippen LogP contribution in [0.15, 0.2) is 36.7 Å². The van der Waals surface area contributed by atoms with Gasteiger partial charge in [-0.1, -0.05) is 17.9 Å². The molecule has 0 atom stereocenters. The first-order chi connectivity index (χ1) is 15.3. The second-order valence-corrected chi connectivity index (χ2v) is 8.70. The summed E-state index contributed by atoms with van der Waals surface area (Å²) in [5, 5.41) is 7.99. The summed E-state index contributed by atoms with van der Waals surface area (Å²) in [5.41, 5.74) is 1.70. The van der Waals surface area contributed by atoms with Gasteiger partial charge in [-0.15, -0.1) is 10.2 Å². The van der Waals surface area contributed by atoms with E-state index in [1.165, 1.54) is 12.4 Å². The summed E-state index contributed by atoms with van der Waals surface area (Å²) in [6.45, 7) is 7.09. The maximum absolute atomic E-state index is 15.1. The number of nitrogens with zero attached hydrogens (tertiary/aromatic N) is 5. The predicted octanol–water partition coefficient (Wildman–Crippen LogP) is 4.87. The van der Waals surface area contributed by atoms with Gasteiger partial charge in [0.25, 0.3) is 5.78 Å². The van der Waals surface area contributed by atoms with Gasteiger partial charge in [0, 0.05) is 12.0 Å². The molecular formula is C24H21F2N5O. The van der Waals surface area contributed by atoms with Crippen LogP contribution in [0.3, 0.4) is 0 Å². The Bertz CT molecular complexity index is 1410. The smallest absolute Gasteiger partial charge is 0.257 e. The van der Waals surface area contributed by atoms with E-state index >= 15 is 4.39 Å². The molecule has 4 aromatic rings. The largest absolute Gasteiger partial charge is 0.490 e. The van der Waals surface area contributed by atoms with Crippen molar-refractivity contribution in [3.8, 4) is 17.6 Å². The summed E-state index contributed by atoms with van der Waals surface area (Å²) in [7, 11) is 0. The Hall–Kier alpha value is -3.73. The lowest BCUT2D eigenvalue weighted by Gasteiger charge is -2.25. The van der Waals surface area contributed by atoms with E-state index in [0.717, 1.165) is 11.6 Å². The van der Waals surface area contributed by atoms with E-state index in [-0.39, 0.29) is 16.6 Å². The quantitative estimate of drug-likeness (QED) is 0.401. The summed E-state index contributed by atoms with van der Waals surface area (Å²) in [6, 6.07) is 8.26. The Labute approximate surface area is 183 Å². The molecule has 162 valence electrons. The summed E-state index contributed by atoms with van der Waals surface area (Å²) in [5.74, 6) is 5.72. The van der Waals surface area contributed by atoms with Crippen molar-refractivity contribution in [2.45, 2.75) is 27.2 Å². The lowest BCUT2D eigenvalue weighted by molar-refractivity contribution is 0.322. The highest BCUT2D eigenvalue weighted by atomic mass is 19.2. The molecule has 0 fully saturated rings. The van der Waals surface area contributed by atoms with E-state index in [1.807, 2.05) is 43.9 Å². The van der Waals surface area contributed by atoms with Crippen LogP contribution in [0.25, 0.3) is 16.7 Å². The van der Waals surface area contributed by atoms with Crippen molar-refractivity contribution < 1.29 is 13.5 Å². The summed E-state index contributed by atoms with van der Waals surface area (Å²) >= 11 is 0. The molecule has 32 heavy (non-hydrogen) atoms. The Morgan fingerprint density at radius 2 is 1.97 bits per heavy atom. The van der Waals surface area contributed by atoms with E-state index in [1.54, 1.807) is 4.40 Å². The summed E-state index contributed by atoms with van der Waals surface area (Å²) in [4.78, 5) is 6.41. The van der Waals surface area contributed by atoms with E-state index in [2.05, 4.69) is 27.0 Å². The average molecular weight is 433 g/mol. The van der Waals surface area contributed by atoms with Crippen LogP contribution >= 0.6 is 0 Å². The van der Waals surface area contributed by atoms with Crippen molar-refractivity contribution in [3.63, 3.8) is 0 Å². The van der Waals surface area contributed by atoms with Crippen LogP contribution in [-0.4, -0.2) is 32.7 Å². The Morgan fingerprint density at radius 3 is 2.78 bits per heavy atom. The highest BCUT2D eigenvalue weighted by Crippen LogP contribution is 2.41. The SMILES string of the molecule is CC(C)(C)C#Cc1cccc2c1OCCCN2c1nc2nncn2c2ccc(F)c(F)c12. The van der Waals surface area contributed by atoms with Crippen LogP contribution in [0.5, 0.6) is 5.75 Å². The molecule has 0 bridgehead atoms. The fourth-order valence-electron chi connectivity index (χ4n) is 3.75. The number of hydrogen-bond acceptors (Lipinski definition) is 5. The fraction of sp³-hybridized carbons (Fsp3) is 0.292.